The first-order valence-electron chi connectivity index (χ1n) is 25.7. The monoisotopic (exact) mass is 849 g/mol. The Morgan fingerprint density at radius 2 is 1.08 bits per heavy atom. The lowest BCUT2D eigenvalue weighted by Crippen LogP contribution is -2.28. The number of rotatable bonds is 45. The van der Waals surface area contributed by atoms with E-state index in [1.165, 1.54) is 161 Å². The number of hydrogen-bond acceptors (Lipinski definition) is 9. The fourth-order valence-electron chi connectivity index (χ4n) is 7.87. The van der Waals surface area contributed by atoms with Crippen LogP contribution in [0.1, 0.15) is 252 Å². The van der Waals surface area contributed by atoms with Crippen molar-refractivity contribution in [3.05, 3.63) is 0 Å². The molecule has 60 heavy (non-hydrogen) atoms. The number of hydrogen-bond donors (Lipinski definition) is 3. The van der Waals surface area contributed by atoms with Crippen LogP contribution < -0.4 is 11.1 Å². The molecule has 0 aliphatic carbocycles. The zero-order valence-electron chi connectivity index (χ0n) is 40.4. The number of nitrogens with two attached hydrogens (primary N) is 1. The molecular weight excluding hydrogens is 749 g/mol. The van der Waals surface area contributed by atoms with Crippen molar-refractivity contribution in [3.63, 3.8) is 0 Å². The summed E-state index contributed by atoms with van der Waals surface area (Å²) < 4.78 is 11.4. The number of H-pyrrole nitrogens is 1. The molecule has 0 aliphatic rings. The van der Waals surface area contributed by atoms with Crippen LogP contribution in [0.5, 0.6) is 0 Å². The molecule has 0 saturated heterocycles. The number of nitrogens with one attached hydrogen (secondary N) is 2. The summed E-state index contributed by atoms with van der Waals surface area (Å²) in [5.74, 6) is 0.903. The highest BCUT2D eigenvalue weighted by Crippen LogP contribution is 2.19. The Bertz CT molecular complexity index is 1010. The number of carbonyl (C=O) groups is 2. The molecule has 0 aromatic carbocycles. The molecule has 1 unspecified atom stereocenters. The number of unbranched alkanes of at least 4 members (excludes halogenated alkanes) is 24. The average molecular weight is 849 g/mol. The Kier molecular flexibility index (Phi) is 44.6. The molecule has 1 heterocycles. The van der Waals surface area contributed by atoms with Crippen molar-refractivity contribution in [2.24, 2.45) is 0 Å². The SMILES string of the molecule is CCCCCCCCC(CC)OC.CCCCCCCCC(CCCCCCCC)OC(=O)CCCCCCCN(CCCCCCCC=O)CCCNc1n[nH]c(N)n1. The normalized spacial score (nSPS) is 11.8. The largest absolute Gasteiger partial charge is 0.462 e. The van der Waals surface area contributed by atoms with Gasteiger partial charge in [0.2, 0.25) is 11.9 Å². The van der Waals surface area contributed by atoms with Crippen LogP contribution in [0.25, 0.3) is 0 Å². The number of methoxy groups -OCH3 is 1. The maximum atomic E-state index is 12.7. The molecule has 10 nitrogen and oxygen atoms in total. The van der Waals surface area contributed by atoms with Gasteiger partial charge < -0.3 is 30.2 Å². The molecule has 1 atom stereocenters. The number of aromatic nitrogens is 3. The summed E-state index contributed by atoms with van der Waals surface area (Å²) in [5.41, 5.74) is 5.62. The van der Waals surface area contributed by atoms with E-state index in [9.17, 15) is 9.59 Å². The number of nitrogen functional groups attached to an aromatic ring is 1. The average Bonchev–Trinajstić information content (AvgIpc) is 3.68. The summed E-state index contributed by atoms with van der Waals surface area (Å²) in [6.07, 6.45) is 43.5. The molecular formula is C50H100N6O4. The third-order valence-corrected chi connectivity index (χ3v) is 11.8. The number of aromatic amines is 1. The summed E-state index contributed by atoms with van der Waals surface area (Å²) in [6.45, 7) is 13.1. The van der Waals surface area contributed by atoms with Gasteiger partial charge in [0.05, 0.1) is 6.10 Å². The van der Waals surface area contributed by atoms with Gasteiger partial charge in [-0.2, -0.15) is 4.98 Å². The van der Waals surface area contributed by atoms with E-state index in [1.54, 1.807) is 0 Å². The Labute approximate surface area is 371 Å². The van der Waals surface area contributed by atoms with Crippen LogP contribution in [0.2, 0.25) is 0 Å². The van der Waals surface area contributed by atoms with Crippen molar-refractivity contribution in [3.8, 4) is 0 Å². The first-order chi connectivity index (χ1) is 29.4. The Balaban J connectivity index is 0.00000228. The number of nitrogens with zero attached hydrogens (tertiary/aromatic N) is 3. The van der Waals surface area contributed by atoms with Crippen molar-refractivity contribution in [2.75, 3.05) is 44.3 Å². The van der Waals surface area contributed by atoms with E-state index in [0.29, 0.717) is 30.8 Å². The van der Waals surface area contributed by atoms with Crippen molar-refractivity contribution in [1.29, 1.82) is 0 Å². The molecule has 1 aromatic heterocycles. The van der Waals surface area contributed by atoms with Crippen molar-refractivity contribution >= 4 is 24.2 Å². The van der Waals surface area contributed by atoms with E-state index < -0.39 is 0 Å². The molecule has 354 valence electrons. The van der Waals surface area contributed by atoms with Gasteiger partial charge in [-0.15, -0.1) is 5.10 Å². The molecule has 0 bridgehead atoms. The molecule has 1 rings (SSSR count). The Morgan fingerprint density at radius 1 is 0.633 bits per heavy atom. The zero-order valence-corrected chi connectivity index (χ0v) is 40.4. The van der Waals surface area contributed by atoms with E-state index in [-0.39, 0.29) is 12.1 Å². The predicted molar refractivity (Wildman–Crippen MR) is 257 cm³/mol. The van der Waals surface area contributed by atoms with Gasteiger partial charge in [-0.3, -0.25) is 4.79 Å². The first-order valence-corrected chi connectivity index (χ1v) is 25.7. The first kappa shape index (κ1) is 57.8. The second-order valence-electron chi connectivity index (χ2n) is 17.5. The molecule has 0 fully saturated rings. The van der Waals surface area contributed by atoms with Crippen LogP contribution in [0, 0.1) is 0 Å². The van der Waals surface area contributed by atoms with Gasteiger partial charge in [0.1, 0.15) is 12.4 Å². The zero-order chi connectivity index (χ0) is 44.0. The van der Waals surface area contributed by atoms with Gasteiger partial charge in [0.15, 0.2) is 0 Å². The van der Waals surface area contributed by atoms with Crippen LogP contribution in [0.3, 0.4) is 0 Å². The van der Waals surface area contributed by atoms with Gasteiger partial charge in [-0.1, -0.05) is 169 Å². The molecule has 0 radical (unpaired) electrons. The minimum atomic E-state index is 0.0191. The minimum Gasteiger partial charge on any atom is -0.462 e. The molecule has 0 saturated carbocycles. The summed E-state index contributed by atoms with van der Waals surface area (Å²) >= 11 is 0. The molecule has 4 N–H and O–H groups in total. The smallest absolute Gasteiger partial charge is 0.306 e. The maximum Gasteiger partial charge on any atom is 0.306 e. The van der Waals surface area contributed by atoms with Gasteiger partial charge in [0.25, 0.3) is 0 Å². The number of ether oxygens (including phenoxy) is 2. The van der Waals surface area contributed by atoms with Gasteiger partial charge >= 0.3 is 5.97 Å². The highest BCUT2D eigenvalue weighted by atomic mass is 16.5. The highest BCUT2D eigenvalue weighted by molar-refractivity contribution is 5.69. The van der Waals surface area contributed by atoms with Crippen molar-refractivity contribution < 1.29 is 19.1 Å². The lowest BCUT2D eigenvalue weighted by Gasteiger charge is -2.22. The van der Waals surface area contributed by atoms with E-state index in [0.717, 1.165) is 83.8 Å². The number of aldehydes is 1. The predicted octanol–water partition coefficient (Wildman–Crippen LogP) is 13.9. The number of anilines is 2. The fraction of sp³-hybridized carbons (Fsp3) is 0.920. The Morgan fingerprint density at radius 3 is 1.55 bits per heavy atom. The standard InChI is InChI=1S/C38H74N6O3.C12H26O/c1-3-5-7-9-14-20-27-35(28-21-15-10-8-6-4-2)47-36(46)29-22-16-13-18-24-32-44(31-23-17-11-12-19-25-34-45)33-26-30-40-38-41-37(39)42-43-38;1-4-6-7-8-9-10-11-12(5-2)13-3/h34-35H,3-33H2,1-2H3,(H4,39,40,41,42,43);12H,4-11H2,1-3H3. The van der Waals surface area contributed by atoms with E-state index in [1.807, 2.05) is 7.11 Å². The Hall–Kier alpha value is -2.20. The topological polar surface area (TPSA) is 135 Å². The molecule has 10 heteroatoms. The van der Waals surface area contributed by atoms with Gasteiger partial charge in [-0.25, -0.2) is 5.10 Å². The van der Waals surface area contributed by atoms with Crippen molar-refractivity contribution in [1.82, 2.24) is 20.1 Å². The fourth-order valence-corrected chi connectivity index (χ4v) is 7.87. The summed E-state index contributed by atoms with van der Waals surface area (Å²) in [4.78, 5) is 30.0. The van der Waals surface area contributed by atoms with Crippen molar-refractivity contribution in [2.45, 2.75) is 265 Å². The second kappa shape index (κ2) is 46.3. The third kappa shape index (κ3) is 39.9. The second-order valence-corrected chi connectivity index (χ2v) is 17.5. The molecule has 0 amide bonds. The third-order valence-electron chi connectivity index (χ3n) is 11.8. The molecule has 1 aromatic rings. The van der Waals surface area contributed by atoms with Gasteiger partial charge in [0, 0.05) is 26.5 Å². The van der Waals surface area contributed by atoms with E-state index in [2.05, 4.69) is 53.1 Å². The molecule has 0 aliphatic heterocycles. The highest BCUT2D eigenvalue weighted by Gasteiger charge is 2.14. The number of carbonyl (C=O) groups excluding carboxylic acids is 2. The summed E-state index contributed by atoms with van der Waals surface area (Å²) in [6, 6.07) is 0. The van der Waals surface area contributed by atoms with E-state index in [4.69, 9.17) is 15.2 Å². The van der Waals surface area contributed by atoms with Crippen LogP contribution >= 0.6 is 0 Å². The quantitative estimate of drug-likeness (QED) is 0.0333. The molecule has 0 spiro atoms. The summed E-state index contributed by atoms with van der Waals surface area (Å²) in [5, 5.41) is 9.94. The minimum absolute atomic E-state index is 0.0191. The lowest BCUT2D eigenvalue weighted by atomic mass is 10.0. The number of esters is 1. The van der Waals surface area contributed by atoms with Crippen LogP contribution in [0.15, 0.2) is 0 Å². The maximum absolute atomic E-state index is 12.7. The van der Waals surface area contributed by atoms with E-state index >= 15 is 0 Å². The van der Waals surface area contributed by atoms with Crippen LogP contribution in [-0.4, -0.2) is 77.8 Å². The van der Waals surface area contributed by atoms with Crippen LogP contribution in [-0.2, 0) is 19.1 Å². The van der Waals surface area contributed by atoms with Crippen LogP contribution in [0.4, 0.5) is 11.9 Å². The lowest BCUT2D eigenvalue weighted by molar-refractivity contribution is -0.150. The van der Waals surface area contributed by atoms with Gasteiger partial charge in [-0.05, 0) is 90.3 Å². The summed E-state index contributed by atoms with van der Waals surface area (Å²) in [7, 11) is 1.82.